The molecule has 0 bridgehead atoms. The molecule has 1 amide bonds. The number of aryl methyl sites for hydroxylation is 1. The molecule has 24 heavy (non-hydrogen) atoms. The van der Waals surface area contributed by atoms with Crippen molar-refractivity contribution in [3.05, 3.63) is 70.1 Å². The van der Waals surface area contributed by atoms with Crippen molar-refractivity contribution in [2.24, 2.45) is 0 Å². The van der Waals surface area contributed by atoms with E-state index in [2.05, 4.69) is 10.3 Å². The van der Waals surface area contributed by atoms with E-state index in [0.717, 1.165) is 16.5 Å². The van der Waals surface area contributed by atoms with Gasteiger partial charge in [0.2, 0.25) is 0 Å². The predicted molar refractivity (Wildman–Crippen MR) is 92.4 cm³/mol. The molecule has 0 saturated heterocycles. The molecule has 3 rings (SSSR count). The van der Waals surface area contributed by atoms with Crippen LogP contribution in [0.1, 0.15) is 27.0 Å². The van der Waals surface area contributed by atoms with Crippen molar-refractivity contribution in [2.45, 2.75) is 20.0 Å². The number of ether oxygens (including phenoxy) is 1. The van der Waals surface area contributed by atoms with Crippen LogP contribution in [-0.4, -0.2) is 17.4 Å². The smallest absolute Gasteiger partial charge is 0.287 e. The summed E-state index contributed by atoms with van der Waals surface area (Å²) < 4.78 is 11.1. The summed E-state index contributed by atoms with van der Waals surface area (Å²) >= 11 is 1.61. The van der Waals surface area contributed by atoms with Crippen LogP contribution < -0.4 is 10.1 Å². The van der Waals surface area contributed by atoms with Gasteiger partial charge in [0, 0.05) is 18.3 Å². The number of carbonyl (C=O) groups excluding carboxylic acids is 1. The number of amides is 1. The van der Waals surface area contributed by atoms with Crippen molar-refractivity contribution in [3.63, 3.8) is 0 Å². The Hall–Kier alpha value is -2.60. The van der Waals surface area contributed by atoms with Crippen LogP contribution in [0.4, 0.5) is 0 Å². The summed E-state index contributed by atoms with van der Waals surface area (Å²) in [6, 6.07) is 12.9. The minimum atomic E-state index is -0.229. The molecular weight excluding hydrogens is 324 g/mol. The third-order valence-corrected chi connectivity index (χ3v) is 4.17. The zero-order chi connectivity index (χ0) is 16.8. The van der Waals surface area contributed by atoms with Gasteiger partial charge in [0.15, 0.2) is 5.76 Å². The van der Waals surface area contributed by atoms with Gasteiger partial charge >= 0.3 is 0 Å². The normalized spacial score (nSPS) is 10.5. The summed E-state index contributed by atoms with van der Waals surface area (Å²) in [4.78, 5) is 16.4. The van der Waals surface area contributed by atoms with E-state index in [9.17, 15) is 4.79 Å². The van der Waals surface area contributed by atoms with E-state index < -0.39 is 0 Å². The van der Waals surface area contributed by atoms with Crippen LogP contribution in [0.15, 0.2) is 52.3 Å². The van der Waals surface area contributed by atoms with Crippen molar-refractivity contribution in [3.8, 4) is 5.75 Å². The van der Waals surface area contributed by atoms with E-state index in [1.54, 1.807) is 23.5 Å². The Morgan fingerprint density at radius 1 is 1.25 bits per heavy atom. The van der Waals surface area contributed by atoms with Gasteiger partial charge in [-0.1, -0.05) is 18.2 Å². The van der Waals surface area contributed by atoms with Crippen LogP contribution >= 0.6 is 11.3 Å². The lowest BCUT2D eigenvalue weighted by Gasteiger charge is -2.03. The zero-order valence-corrected chi connectivity index (χ0v) is 14.1. The molecule has 0 radical (unpaired) electrons. The highest BCUT2D eigenvalue weighted by Crippen LogP contribution is 2.14. The Bertz CT molecular complexity index is 795. The highest BCUT2D eigenvalue weighted by atomic mass is 32.1. The topological polar surface area (TPSA) is 64.4 Å². The highest BCUT2D eigenvalue weighted by molar-refractivity contribution is 7.09. The van der Waals surface area contributed by atoms with Crippen LogP contribution in [-0.2, 0) is 13.0 Å². The quantitative estimate of drug-likeness (QED) is 0.712. The van der Waals surface area contributed by atoms with Gasteiger partial charge in [-0.3, -0.25) is 4.79 Å². The summed E-state index contributed by atoms with van der Waals surface area (Å²) in [7, 11) is 0. The van der Waals surface area contributed by atoms with Gasteiger partial charge in [0.05, 0.1) is 10.7 Å². The molecule has 0 aliphatic heterocycles. The highest BCUT2D eigenvalue weighted by Gasteiger charge is 2.11. The van der Waals surface area contributed by atoms with Crippen molar-refractivity contribution in [1.82, 2.24) is 10.3 Å². The van der Waals surface area contributed by atoms with Crippen LogP contribution in [0.5, 0.6) is 5.75 Å². The number of carbonyl (C=O) groups is 1. The SMILES string of the molecule is Cc1nc(CCNC(=O)c2ccc(COc3ccccc3)o2)cs1. The standard InChI is InChI=1S/C18H18N2O3S/c1-13-20-14(12-24-13)9-10-19-18(21)17-8-7-16(23-17)11-22-15-5-3-2-4-6-15/h2-8,12H,9-11H2,1H3,(H,19,21). The molecule has 0 atom stereocenters. The lowest BCUT2D eigenvalue weighted by Crippen LogP contribution is -2.25. The second-order valence-electron chi connectivity index (χ2n) is 5.23. The van der Waals surface area contributed by atoms with Gasteiger partial charge in [-0.25, -0.2) is 4.98 Å². The summed E-state index contributed by atoms with van der Waals surface area (Å²) in [5, 5.41) is 5.88. The first-order valence-corrected chi connectivity index (χ1v) is 8.54. The van der Waals surface area contributed by atoms with Crippen molar-refractivity contribution in [1.29, 1.82) is 0 Å². The van der Waals surface area contributed by atoms with Crippen LogP contribution in [0.25, 0.3) is 0 Å². The van der Waals surface area contributed by atoms with E-state index in [4.69, 9.17) is 9.15 Å². The van der Waals surface area contributed by atoms with Crippen LogP contribution in [0.3, 0.4) is 0 Å². The molecule has 124 valence electrons. The minimum absolute atomic E-state index is 0.229. The molecule has 0 aliphatic rings. The number of furan rings is 1. The van der Waals surface area contributed by atoms with Crippen LogP contribution in [0, 0.1) is 6.92 Å². The Balaban J connectivity index is 1.46. The molecule has 0 unspecified atom stereocenters. The first-order valence-electron chi connectivity index (χ1n) is 7.66. The Morgan fingerprint density at radius 3 is 2.83 bits per heavy atom. The van der Waals surface area contributed by atoms with Gasteiger partial charge < -0.3 is 14.5 Å². The largest absolute Gasteiger partial charge is 0.486 e. The van der Waals surface area contributed by atoms with Crippen molar-refractivity contribution in [2.75, 3.05) is 6.54 Å². The van der Waals surface area contributed by atoms with Crippen molar-refractivity contribution >= 4 is 17.2 Å². The Morgan fingerprint density at radius 2 is 2.08 bits per heavy atom. The number of benzene rings is 1. The van der Waals surface area contributed by atoms with E-state index in [0.29, 0.717) is 18.7 Å². The molecule has 0 spiro atoms. The number of nitrogens with one attached hydrogen (secondary N) is 1. The maximum atomic E-state index is 12.1. The predicted octanol–water partition coefficient (Wildman–Crippen LogP) is 3.60. The first kappa shape index (κ1) is 16.3. The monoisotopic (exact) mass is 342 g/mol. The van der Waals surface area contributed by atoms with Gasteiger partial charge in [0.1, 0.15) is 18.1 Å². The van der Waals surface area contributed by atoms with E-state index in [1.807, 2.05) is 42.6 Å². The van der Waals surface area contributed by atoms with Crippen molar-refractivity contribution < 1.29 is 13.9 Å². The van der Waals surface area contributed by atoms with E-state index in [1.165, 1.54) is 0 Å². The molecule has 1 N–H and O–H groups in total. The molecule has 5 nitrogen and oxygen atoms in total. The summed E-state index contributed by atoms with van der Waals surface area (Å²) in [6.07, 6.45) is 0.709. The molecular formula is C18H18N2O3S. The maximum absolute atomic E-state index is 12.1. The fourth-order valence-corrected chi connectivity index (χ4v) is 2.81. The van der Waals surface area contributed by atoms with Gasteiger partial charge in [-0.05, 0) is 31.2 Å². The summed E-state index contributed by atoms with van der Waals surface area (Å²) in [5.41, 5.74) is 0.995. The molecule has 2 aromatic heterocycles. The molecule has 6 heteroatoms. The third kappa shape index (κ3) is 4.45. The van der Waals surface area contributed by atoms with E-state index >= 15 is 0 Å². The number of para-hydroxylation sites is 1. The fraction of sp³-hybridized carbons (Fsp3) is 0.222. The lowest BCUT2D eigenvalue weighted by molar-refractivity contribution is 0.0922. The number of rotatable bonds is 7. The Labute approximate surface area is 144 Å². The van der Waals surface area contributed by atoms with E-state index in [-0.39, 0.29) is 18.3 Å². The summed E-state index contributed by atoms with van der Waals surface area (Å²) in [5.74, 6) is 1.43. The number of hydrogen-bond acceptors (Lipinski definition) is 5. The first-order chi connectivity index (χ1) is 11.7. The minimum Gasteiger partial charge on any atom is -0.486 e. The molecule has 0 aliphatic carbocycles. The second-order valence-corrected chi connectivity index (χ2v) is 6.29. The zero-order valence-electron chi connectivity index (χ0n) is 13.3. The number of hydrogen-bond donors (Lipinski definition) is 1. The number of thiazole rings is 1. The Kier molecular flexibility index (Phi) is 5.28. The van der Waals surface area contributed by atoms with Gasteiger partial charge in [0.25, 0.3) is 5.91 Å². The lowest BCUT2D eigenvalue weighted by atomic mass is 10.3. The fourth-order valence-electron chi connectivity index (χ4n) is 2.16. The van der Waals surface area contributed by atoms with Crippen LogP contribution in [0.2, 0.25) is 0 Å². The number of nitrogens with zero attached hydrogens (tertiary/aromatic N) is 1. The second kappa shape index (κ2) is 7.79. The summed E-state index contributed by atoms with van der Waals surface area (Å²) in [6.45, 7) is 2.78. The average molecular weight is 342 g/mol. The molecule has 1 aromatic carbocycles. The van der Waals surface area contributed by atoms with Gasteiger partial charge in [-0.15, -0.1) is 11.3 Å². The molecule has 3 aromatic rings. The average Bonchev–Trinajstić information content (AvgIpc) is 3.23. The molecule has 0 saturated carbocycles. The maximum Gasteiger partial charge on any atom is 0.287 e. The third-order valence-electron chi connectivity index (χ3n) is 3.34. The molecule has 0 fully saturated rings. The number of aromatic nitrogens is 1. The van der Waals surface area contributed by atoms with Gasteiger partial charge in [-0.2, -0.15) is 0 Å². The molecule has 2 heterocycles.